The van der Waals surface area contributed by atoms with E-state index in [4.69, 9.17) is 4.74 Å². The highest BCUT2D eigenvalue weighted by molar-refractivity contribution is 5.89. The molecule has 0 bridgehead atoms. The Balaban J connectivity index is 1.46. The lowest BCUT2D eigenvalue weighted by atomic mass is 10.0. The summed E-state index contributed by atoms with van der Waals surface area (Å²) in [5, 5.41) is 5.96. The van der Waals surface area contributed by atoms with E-state index in [0.717, 1.165) is 29.1 Å². The number of nitrogens with one attached hydrogen (secondary N) is 2. The monoisotopic (exact) mass is 333 g/mol. The van der Waals surface area contributed by atoms with Gasteiger partial charge in [-0.05, 0) is 36.4 Å². The van der Waals surface area contributed by atoms with Crippen LogP contribution in [-0.2, 0) is 0 Å². The molecule has 0 saturated heterocycles. The third-order valence-electron chi connectivity index (χ3n) is 4.27. The first-order chi connectivity index (χ1) is 12.3. The zero-order valence-electron chi connectivity index (χ0n) is 13.7. The second-order valence-electron chi connectivity index (χ2n) is 5.97. The summed E-state index contributed by atoms with van der Waals surface area (Å²) >= 11 is 0. The van der Waals surface area contributed by atoms with Crippen LogP contribution in [0, 0.1) is 0 Å². The van der Waals surface area contributed by atoms with Crippen molar-refractivity contribution >= 4 is 11.7 Å². The summed E-state index contributed by atoms with van der Waals surface area (Å²) in [5.41, 5.74) is 2.77. The number of ether oxygens (including phenoxy) is 1. The van der Waals surface area contributed by atoms with Crippen LogP contribution in [0.2, 0.25) is 0 Å². The van der Waals surface area contributed by atoms with Gasteiger partial charge in [-0.2, -0.15) is 0 Å². The second-order valence-corrected chi connectivity index (χ2v) is 5.97. The van der Waals surface area contributed by atoms with Crippen LogP contribution in [0.3, 0.4) is 0 Å². The summed E-state index contributed by atoms with van der Waals surface area (Å²) in [6.45, 7) is 0.602. The number of aromatic nitrogens is 1. The van der Waals surface area contributed by atoms with Crippen molar-refractivity contribution in [3.8, 4) is 11.4 Å². The van der Waals surface area contributed by atoms with E-state index in [9.17, 15) is 4.79 Å². The number of fused-ring (bicyclic) bond motifs is 1. The maximum atomic E-state index is 12.4. The average molecular weight is 333 g/mol. The summed E-state index contributed by atoms with van der Waals surface area (Å²) in [5.74, 6) is 0.841. The SMILES string of the molecule is O=C(Nc1cccc(-n2cccc2)c1)NC1CCOc2ccccc21. The van der Waals surface area contributed by atoms with Gasteiger partial charge in [-0.25, -0.2) is 4.79 Å². The number of para-hydroxylation sites is 1. The van der Waals surface area contributed by atoms with Gasteiger partial charge in [0.15, 0.2) is 0 Å². The van der Waals surface area contributed by atoms with Gasteiger partial charge in [0.05, 0.1) is 12.6 Å². The summed E-state index contributed by atoms with van der Waals surface area (Å²) in [6.07, 6.45) is 4.70. The minimum absolute atomic E-state index is 0.0439. The first-order valence-electron chi connectivity index (χ1n) is 8.32. The van der Waals surface area contributed by atoms with Crippen molar-refractivity contribution in [2.24, 2.45) is 0 Å². The average Bonchev–Trinajstić information content (AvgIpc) is 3.17. The molecular weight excluding hydrogens is 314 g/mol. The molecule has 1 aliphatic heterocycles. The highest BCUT2D eigenvalue weighted by Gasteiger charge is 2.22. The van der Waals surface area contributed by atoms with Gasteiger partial charge < -0.3 is 19.9 Å². The Hall–Kier alpha value is -3.21. The molecule has 5 heteroatoms. The Morgan fingerprint density at radius 1 is 1.04 bits per heavy atom. The maximum Gasteiger partial charge on any atom is 0.319 e. The number of urea groups is 1. The van der Waals surface area contributed by atoms with E-state index in [1.54, 1.807) is 0 Å². The van der Waals surface area contributed by atoms with E-state index < -0.39 is 0 Å². The van der Waals surface area contributed by atoms with Gasteiger partial charge in [0.2, 0.25) is 0 Å². The van der Waals surface area contributed by atoms with Gasteiger partial charge in [-0.3, -0.25) is 0 Å². The number of hydrogen-bond donors (Lipinski definition) is 2. The normalized spacial score (nSPS) is 15.8. The summed E-state index contributed by atoms with van der Waals surface area (Å²) in [6, 6.07) is 19.2. The molecule has 4 rings (SSSR count). The summed E-state index contributed by atoms with van der Waals surface area (Å²) in [7, 11) is 0. The molecule has 25 heavy (non-hydrogen) atoms. The van der Waals surface area contributed by atoms with Gasteiger partial charge in [0.25, 0.3) is 0 Å². The van der Waals surface area contributed by atoms with Crippen molar-refractivity contribution < 1.29 is 9.53 Å². The lowest BCUT2D eigenvalue weighted by Gasteiger charge is -2.26. The molecular formula is C20H19N3O2. The van der Waals surface area contributed by atoms with Crippen LogP contribution in [0.25, 0.3) is 5.69 Å². The lowest BCUT2D eigenvalue weighted by molar-refractivity contribution is 0.232. The topological polar surface area (TPSA) is 55.3 Å². The Bertz CT molecular complexity index is 874. The van der Waals surface area contributed by atoms with Crippen LogP contribution in [0.1, 0.15) is 18.0 Å². The smallest absolute Gasteiger partial charge is 0.319 e. The van der Waals surface area contributed by atoms with Crippen molar-refractivity contribution in [2.75, 3.05) is 11.9 Å². The van der Waals surface area contributed by atoms with E-state index in [0.29, 0.717) is 6.61 Å². The molecule has 1 atom stereocenters. The zero-order valence-corrected chi connectivity index (χ0v) is 13.7. The van der Waals surface area contributed by atoms with Crippen molar-refractivity contribution in [1.29, 1.82) is 0 Å². The van der Waals surface area contributed by atoms with E-state index in [1.165, 1.54) is 0 Å². The predicted octanol–water partition coefficient (Wildman–Crippen LogP) is 4.12. The van der Waals surface area contributed by atoms with Crippen LogP contribution in [0.5, 0.6) is 5.75 Å². The first-order valence-corrected chi connectivity index (χ1v) is 8.32. The second kappa shape index (κ2) is 6.73. The number of amides is 2. The summed E-state index contributed by atoms with van der Waals surface area (Å²) < 4.78 is 7.63. The van der Waals surface area contributed by atoms with Crippen LogP contribution in [-0.4, -0.2) is 17.2 Å². The van der Waals surface area contributed by atoms with Crippen molar-refractivity contribution in [1.82, 2.24) is 9.88 Å². The van der Waals surface area contributed by atoms with Crippen molar-refractivity contribution in [3.63, 3.8) is 0 Å². The molecule has 2 aromatic carbocycles. The molecule has 2 N–H and O–H groups in total. The number of rotatable bonds is 3. The molecule has 0 spiro atoms. The molecule has 0 fully saturated rings. The molecule has 5 nitrogen and oxygen atoms in total. The highest BCUT2D eigenvalue weighted by Crippen LogP contribution is 2.31. The molecule has 126 valence electrons. The van der Waals surface area contributed by atoms with Crippen LogP contribution < -0.4 is 15.4 Å². The van der Waals surface area contributed by atoms with Gasteiger partial charge in [0, 0.05) is 35.8 Å². The van der Waals surface area contributed by atoms with Gasteiger partial charge in [-0.15, -0.1) is 0 Å². The van der Waals surface area contributed by atoms with E-state index in [1.807, 2.05) is 77.6 Å². The minimum Gasteiger partial charge on any atom is -0.493 e. The fourth-order valence-corrected chi connectivity index (χ4v) is 3.07. The zero-order chi connectivity index (χ0) is 17.1. The predicted molar refractivity (Wildman–Crippen MR) is 97.2 cm³/mol. The van der Waals surface area contributed by atoms with Crippen molar-refractivity contribution in [2.45, 2.75) is 12.5 Å². The molecule has 2 heterocycles. The molecule has 0 radical (unpaired) electrons. The van der Waals surface area contributed by atoms with E-state index in [2.05, 4.69) is 10.6 Å². The van der Waals surface area contributed by atoms with Gasteiger partial charge >= 0.3 is 6.03 Å². The van der Waals surface area contributed by atoms with Crippen LogP contribution >= 0.6 is 0 Å². The van der Waals surface area contributed by atoms with Gasteiger partial charge in [0.1, 0.15) is 5.75 Å². The quantitative estimate of drug-likeness (QED) is 0.757. The summed E-state index contributed by atoms with van der Waals surface area (Å²) in [4.78, 5) is 12.4. The molecule has 3 aromatic rings. The molecule has 0 aliphatic carbocycles. The maximum absolute atomic E-state index is 12.4. The first kappa shape index (κ1) is 15.3. The van der Waals surface area contributed by atoms with Crippen molar-refractivity contribution in [3.05, 3.63) is 78.6 Å². The molecule has 0 saturated carbocycles. The largest absolute Gasteiger partial charge is 0.493 e. The molecule has 1 aromatic heterocycles. The fraction of sp³-hybridized carbons (Fsp3) is 0.150. The third-order valence-corrected chi connectivity index (χ3v) is 4.27. The molecule has 1 unspecified atom stereocenters. The number of carbonyl (C=O) groups excluding carboxylic acids is 1. The lowest BCUT2D eigenvalue weighted by Crippen LogP contribution is -2.35. The number of carbonyl (C=O) groups is 1. The van der Waals surface area contributed by atoms with Crippen LogP contribution in [0.4, 0.5) is 10.5 Å². The Kier molecular flexibility index (Phi) is 4.12. The number of benzene rings is 2. The Morgan fingerprint density at radius 3 is 2.76 bits per heavy atom. The van der Waals surface area contributed by atoms with E-state index >= 15 is 0 Å². The Labute approximate surface area is 146 Å². The fourth-order valence-electron chi connectivity index (χ4n) is 3.07. The van der Waals surface area contributed by atoms with Gasteiger partial charge in [-0.1, -0.05) is 24.3 Å². The third kappa shape index (κ3) is 3.35. The van der Waals surface area contributed by atoms with Crippen LogP contribution in [0.15, 0.2) is 73.1 Å². The molecule has 2 amide bonds. The Morgan fingerprint density at radius 2 is 1.88 bits per heavy atom. The standard InChI is InChI=1S/C20H19N3O2/c24-20(22-18-10-13-25-19-9-2-1-8-17(18)19)21-15-6-5-7-16(14-15)23-11-3-4-12-23/h1-9,11-12,14,18H,10,13H2,(H2,21,22,24). The number of anilines is 1. The van der Waals surface area contributed by atoms with E-state index in [-0.39, 0.29) is 12.1 Å². The highest BCUT2D eigenvalue weighted by atomic mass is 16.5. The molecule has 1 aliphatic rings. The number of nitrogens with zero attached hydrogens (tertiary/aromatic N) is 1. The number of hydrogen-bond acceptors (Lipinski definition) is 2. The minimum atomic E-state index is -0.216.